The summed E-state index contributed by atoms with van der Waals surface area (Å²) in [6.45, 7) is 3.32. The van der Waals surface area contributed by atoms with Crippen LogP contribution in [-0.4, -0.2) is 54.6 Å². The number of fused-ring (bicyclic) bond motifs is 2. The van der Waals surface area contributed by atoms with Crippen LogP contribution in [0, 0.1) is 5.82 Å². The van der Waals surface area contributed by atoms with E-state index in [1.54, 1.807) is 11.8 Å². The van der Waals surface area contributed by atoms with E-state index in [1.807, 2.05) is 30.3 Å². The Bertz CT molecular complexity index is 1730. The highest BCUT2D eigenvalue weighted by atomic mass is 32.2. The minimum Gasteiger partial charge on any atom is -0.491 e. The van der Waals surface area contributed by atoms with Gasteiger partial charge in [-0.3, -0.25) is 4.79 Å². The first kappa shape index (κ1) is 26.5. The summed E-state index contributed by atoms with van der Waals surface area (Å²) in [5, 5.41) is 3.48. The molecule has 1 aliphatic carbocycles. The van der Waals surface area contributed by atoms with Crippen LogP contribution in [0.25, 0.3) is 22.2 Å². The number of nitrogens with zero attached hydrogens (tertiary/aromatic N) is 2. The first-order valence-electron chi connectivity index (χ1n) is 13.5. The molecular formula is C30H31FN4O4S. The highest BCUT2D eigenvalue weighted by Gasteiger charge is 2.27. The summed E-state index contributed by atoms with van der Waals surface area (Å²) in [5.74, 6) is 0.398. The Balaban J connectivity index is 1.27. The molecule has 0 spiro atoms. The maximum absolute atomic E-state index is 15.1. The molecule has 1 fully saturated rings. The van der Waals surface area contributed by atoms with Crippen LogP contribution in [0.4, 0.5) is 4.39 Å². The SMILES string of the molecule is CCc1c(C(=O)N2CCOc3ccc(-c4ccc5nc(CNC6CC6)[nH]c5c4)cc3C2)ccc(S(C)(=O)=O)c1F. The second kappa shape index (κ2) is 10.3. The van der Waals surface area contributed by atoms with E-state index in [2.05, 4.69) is 21.4 Å². The second-order valence-electron chi connectivity index (χ2n) is 10.5. The van der Waals surface area contributed by atoms with E-state index in [0.717, 1.165) is 46.3 Å². The average Bonchev–Trinajstić information content (AvgIpc) is 3.71. The van der Waals surface area contributed by atoms with Gasteiger partial charge < -0.3 is 19.9 Å². The Hall–Kier alpha value is -3.76. The molecule has 2 aliphatic rings. The molecule has 2 N–H and O–H groups in total. The van der Waals surface area contributed by atoms with Crippen LogP contribution in [0.1, 0.15) is 47.1 Å². The van der Waals surface area contributed by atoms with Gasteiger partial charge in [-0.2, -0.15) is 0 Å². The van der Waals surface area contributed by atoms with Gasteiger partial charge in [0, 0.05) is 35.5 Å². The molecule has 0 bridgehead atoms. The van der Waals surface area contributed by atoms with Crippen molar-refractivity contribution >= 4 is 26.8 Å². The van der Waals surface area contributed by atoms with Gasteiger partial charge in [0.2, 0.25) is 0 Å². The smallest absolute Gasteiger partial charge is 0.254 e. The molecule has 0 saturated heterocycles. The summed E-state index contributed by atoms with van der Waals surface area (Å²) in [4.78, 5) is 22.9. The minimum absolute atomic E-state index is 0.103. The molecule has 208 valence electrons. The van der Waals surface area contributed by atoms with Gasteiger partial charge in [0.1, 0.15) is 28.9 Å². The van der Waals surface area contributed by atoms with Crippen molar-refractivity contribution < 1.29 is 22.3 Å². The van der Waals surface area contributed by atoms with E-state index >= 15 is 4.39 Å². The van der Waals surface area contributed by atoms with Crippen molar-refractivity contribution in [1.82, 2.24) is 20.2 Å². The van der Waals surface area contributed by atoms with Crippen molar-refractivity contribution in [2.24, 2.45) is 0 Å². The monoisotopic (exact) mass is 562 g/mol. The van der Waals surface area contributed by atoms with Crippen molar-refractivity contribution in [3.8, 4) is 16.9 Å². The largest absolute Gasteiger partial charge is 0.491 e. The third-order valence-corrected chi connectivity index (χ3v) is 8.63. The van der Waals surface area contributed by atoms with E-state index in [9.17, 15) is 13.2 Å². The Morgan fingerprint density at radius 1 is 1.15 bits per heavy atom. The van der Waals surface area contributed by atoms with Crippen LogP contribution in [0.3, 0.4) is 0 Å². The number of sulfone groups is 1. The normalized spacial score (nSPS) is 15.5. The molecule has 8 nitrogen and oxygen atoms in total. The van der Waals surface area contributed by atoms with Gasteiger partial charge in [0.05, 0.1) is 24.1 Å². The number of imidazole rings is 1. The fourth-order valence-electron chi connectivity index (χ4n) is 5.20. The predicted molar refractivity (Wildman–Crippen MR) is 151 cm³/mol. The maximum Gasteiger partial charge on any atom is 0.254 e. The van der Waals surface area contributed by atoms with E-state index < -0.39 is 20.5 Å². The molecule has 2 heterocycles. The first-order valence-corrected chi connectivity index (χ1v) is 15.4. The molecule has 0 atom stereocenters. The van der Waals surface area contributed by atoms with Gasteiger partial charge in [-0.05, 0) is 66.8 Å². The second-order valence-corrected chi connectivity index (χ2v) is 12.5. The number of hydrogen-bond donors (Lipinski definition) is 2. The number of rotatable bonds is 7. The Morgan fingerprint density at radius 3 is 2.67 bits per heavy atom. The lowest BCUT2D eigenvalue weighted by atomic mass is 10.0. The van der Waals surface area contributed by atoms with Crippen LogP contribution in [0.5, 0.6) is 5.75 Å². The van der Waals surface area contributed by atoms with Gasteiger partial charge >= 0.3 is 0 Å². The van der Waals surface area contributed by atoms with Gasteiger partial charge in [-0.1, -0.05) is 19.1 Å². The van der Waals surface area contributed by atoms with E-state index in [4.69, 9.17) is 4.74 Å². The van der Waals surface area contributed by atoms with Crippen molar-refractivity contribution in [3.05, 3.63) is 76.9 Å². The van der Waals surface area contributed by atoms with Crippen LogP contribution in [-0.2, 0) is 29.3 Å². The number of hydrogen-bond acceptors (Lipinski definition) is 6. The fraction of sp³-hybridized carbons (Fsp3) is 0.333. The Kier molecular flexibility index (Phi) is 6.83. The average molecular weight is 563 g/mol. The zero-order chi connectivity index (χ0) is 28.0. The van der Waals surface area contributed by atoms with Gasteiger partial charge in [-0.25, -0.2) is 17.8 Å². The standard InChI is InChI=1S/C30H31FN4O4S/c1-3-22-23(8-11-27(29(22)31)40(2,37)38)30(36)35-12-13-39-26-10-5-18(14-20(26)17-35)19-4-9-24-25(15-19)34-28(33-24)16-32-21-6-7-21/h4-5,8-11,14-15,21,32H,3,6-7,12-13,16-17H2,1-2H3,(H,33,34). The summed E-state index contributed by atoms with van der Waals surface area (Å²) in [6, 6.07) is 15.2. The van der Waals surface area contributed by atoms with Crippen molar-refractivity contribution in [2.75, 3.05) is 19.4 Å². The lowest BCUT2D eigenvalue weighted by Gasteiger charge is -2.22. The number of carbonyl (C=O) groups excluding carboxylic acids is 1. The van der Waals surface area contributed by atoms with E-state index in [1.165, 1.54) is 25.0 Å². The van der Waals surface area contributed by atoms with Crippen molar-refractivity contribution in [1.29, 1.82) is 0 Å². The highest BCUT2D eigenvalue weighted by molar-refractivity contribution is 7.90. The lowest BCUT2D eigenvalue weighted by molar-refractivity contribution is 0.0731. The Labute approximate surface area is 232 Å². The van der Waals surface area contributed by atoms with Crippen LogP contribution in [0.15, 0.2) is 53.4 Å². The van der Waals surface area contributed by atoms with Gasteiger partial charge in [0.25, 0.3) is 5.91 Å². The number of nitrogens with one attached hydrogen (secondary N) is 2. The molecule has 4 aromatic rings. The molecular weight excluding hydrogens is 531 g/mol. The van der Waals surface area contributed by atoms with Crippen molar-refractivity contribution in [2.45, 2.75) is 50.2 Å². The predicted octanol–water partition coefficient (Wildman–Crippen LogP) is 4.62. The number of carbonyl (C=O) groups is 1. The number of ether oxygens (including phenoxy) is 1. The number of H-pyrrole nitrogens is 1. The molecule has 0 unspecified atom stereocenters. The van der Waals surface area contributed by atoms with Crippen molar-refractivity contribution in [3.63, 3.8) is 0 Å². The number of benzene rings is 3. The minimum atomic E-state index is -3.76. The van der Waals surface area contributed by atoms with Crippen LogP contribution in [0.2, 0.25) is 0 Å². The van der Waals surface area contributed by atoms with Crippen LogP contribution >= 0.6 is 0 Å². The van der Waals surface area contributed by atoms with E-state index in [0.29, 0.717) is 24.9 Å². The van der Waals surface area contributed by atoms with Crippen LogP contribution < -0.4 is 10.1 Å². The number of aromatic amines is 1. The third kappa shape index (κ3) is 5.21. The highest BCUT2D eigenvalue weighted by Crippen LogP contribution is 2.32. The lowest BCUT2D eigenvalue weighted by Crippen LogP contribution is -2.33. The summed E-state index contributed by atoms with van der Waals surface area (Å²) in [6.07, 6.45) is 3.60. The molecule has 1 aromatic heterocycles. The molecule has 40 heavy (non-hydrogen) atoms. The summed E-state index contributed by atoms with van der Waals surface area (Å²) >= 11 is 0. The maximum atomic E-state index is 15.1. The molecule has 1 aliphatic heterocycles. The topological polar surface area (TPSA) is 104 Å². The van der Waals surface area contributed by atoms with Gasteiger partial charge in [0.15, 0.2) is 9.84 Å². The summed E-state index contributed by atoms with van der Waals surface area (Å²) in [7, 11) is -3.76. The number of aromatic nitrogens is 2. The zero-order valence-electron chi connectivity index (χ0n) is 22.5. The molecule has 3 aromatic carbocycles. The quantitative estimate of drug-likeness (QED) is 0.341. The molecule has 10 heteroatoms. The summed E-state index contributed by atoms with van der Waals surface area (Å²) in [5.41, 5.74) is 4.97. The zero-order valence-corrected chi connectivity index (χ0v) is 23.3. The molecule has 1 amide bonds. The number of amides is 1. The fourth-order valence-corrected chi connectivity index (χ4v) is 5.97. The number of halogens is 1. The third-order valence-electron chi connectivity index (χ3n) is 7.52. The Morgan fingerprint density at radius 2 is 1.93 bits per heavy atom. The molecule has 6 rings (SSSR count). The van der Waals surface area contributed by atoms with E-state index in [-0.39, 0.29) is 30.0 Å². The first-order chi connectivity index (χ1) is 19.2. The molecule has 0 radical (unpaired) electrons. The summed E-state index contributed by atoms with van der Waals surface area (Å²) < 4.78 is 45.1. The van der Waals surface area contributed by atoms with Gasteiger partial charge in [-0.15, -0.1) is 0 Å². The molecule has 1 saturated carbocycles.